The van der Waals surface area contributed by atoms with E-state index in [-0.39, 0.29) is 0 Å². The molecule has 3 heteroatoms. The number of nitrogens with zero attached hydrogens (tertiary/aromatic N) is 2. The van der Waals surface area contributed by atoms with E-state index in [2.05, 4.69) is 12.0 Å². The Balaban J connectivity index is 2.56. The highest BCUT2D eigenvalue weighted by molar-refractivity contribution is 4.81. The first-order chi connectivity index (χ1) is 5.38. The van der Waals surface area contributed by atoms with Crippen LogP contribution in [0.2, 0.25) is 0 Å². The summed E-state index contributed by atoms with van der Waals surface area (Å²) in [6, 6.07) is 2.43. The fraction of sp³-hybridized carbons (Fsp3) is 0.625. The average molecular weight is 153 g/mol. The largest absolute Gasteiger partial charge is 0.330 e. The van der Waals surface area contributed by atoms with Crippen molar-refractivity contribution in [1.29, 1.82) is 0 Å². The second kappa shape index (κ2) is 4.13. The maximum absolute atomic E-state index is 5.47. The van der Waals surface area contributed by atoms with Crippen LogP contribution in [0.5, 0.6) is 0 Å². The second-order valence-electron chi connectivity index (χ2n) is 2.63. The quantitative estimate of drug-likeness (QED) is 0.706. The molecule has 0 aromatic carbocycles. The van der Waals surface area contributed by atoms with Crippen LogP contribution in [0.3, 0.4) is 0 Å². The number of nitrogens with two attached hydrogens (primary N) is 1. The number of hydrogen-bond acceptors (Lipinski definition) is 2. The van der Waals surface area contributed by atoms with Crippen molar-refractivity contribution in [1.82, 2.24) is 9.78 Å². The molecule has 62 valence electrons. The molecule has 0 radical (unpaired) electrons. The van der Waals surface area contributed by atoms with Crippen molar-refractivity contribution in [2.75, 3.05) is 6.54 Å². The molecule has 11 heavy (non-hydrogen) atoms. The summed E-state index contributed by atoms with van der Waals surface area (Å²) in [7, 11) is 0. The molecule has 0 bridgehead atoms. The first-order valence-electron chi connectivity index (χ1n) is 4.07. The molecule has 1 aromatic rings. The van der Waals surface area contributed by atoms with E-state index in [0.29, 0.717) is 6.04 Å². The first-order valence-corrected chi connectivity index (χ1v) is 4.07. The smallest absolute Gasteiger partial charge is 0.0528 e. The van der Waals surface area contributed by atoms with E-state index in [0.717, 1.165) is 19.4 Å². The van der Waals surface area contributed by atoms with Crippen molar-refractivity contribution in [3.05, 3.63) is 18.5 Å². The van der Waals surface area contributed by atoms with Gasteiger partial charge < -0.3 is 5.73 Å². The Morgan fingerprint density at radius 3 is 2.91 bits per heavy atom. The maximum Gasteiger partial charge on any atom is 0.0528 e. The van der Waals surface area contributed by atoms with Crippen LogP contribution in [0.1, 0.15) is 25.8 Å². The van der Waals surface area contributed by atoms with Crippen molar-refractivity contribution in [3.8, 4) is 0 Å². The normalized spacial score (nSPS) is 13.3. The van der Waals surface area contributed by atoms with Gasteiger partial charge >= 0.3 is 0 Å². The lowest BCUT2D eigenvalue weighted by Gasteiger charge is -2.13. The molecule has 0 saturated carbocycles. The number of hydrogen-bond donors (Lipinski definition) is 1. The van der Waals surface area contributed by atoms with Crippen molar-refractivity contribution in [3.63, 3.8) is 0 Å². The molecular formula is C8H15N3. The van der Waals surface area contributed by atoms with Gasteiger partial charge in [-0.3, -0.25) is 4.68 Å². The zero-order valence-electron chi connectivity index (χ0n) is 6.90. The van der Waals surface area contributed by atoms with E-state index in [9.17, 15) is 0 Å². The highest BCUT2D eigenvalue weighted by atomic mass is 15.3. The molecule has 0 aliphatic rings. The molecule has 0 fully saturated rings. The summed E-state index contributed by atoms with van der Waals surface area (Å²) in [5.74, 6) is 0. The zero-order valence-corrected chi connectivity index (χ0v) is 6.90. The minimum atomic E-state index is 0.481. The molecule has 1 aromatic heterocycles. The highest BCUT2D eigenvalue weighted by Crippen LogP contribution is 2.12. The summed E-state index contributed by atoms with van der Waals surface area (Å²) in [6.45, 7) is 2.89. The Morgan fingerprint density at radius 1 is 1.64 bits per heavy atom. The molecule has 0 spiro atoms. The fourth-order valence-electron chi connectivity index (χ4n) is 1.21. The van der Waals surface area contributed by atoms with Gasteiger partial charge in [0, 0.05) is 12.4 Å². The molecule has 0 saturated heterocycles. The SMILES string of the molecule is CC[C@@H](CCN)n1cccn1. The number of aromatic nitrogens is 2. The Kier molecular flexibility index (Phi) is 3.11. The predicted molar refractivity (Wildman–Crippen MR) is 45.2 cm³/mol. The third-order valence-corrected chi connectivity index (χ3v) is 1.87. The van der Waals surface area contributed by atoms with Crippen LogP contribution in [0, 0.1) is 0 Å². The van der Waals surface area contributed by atoms with E-state index < -0.39 is 0 Å². The summed E-state index contributed by atoms with van der Waals surface area (Å²) in [5, 5.41) is 4.17. The maximum atomic E-state index is 5.47. The van der Waals surface area contributed by atoms with Gasteiger partial charge in [0.2, 0.25) is 0 Å². The van der Waals surface area contributed by atoms with Crippen molar-refractivity contribution in [2.24, 2.45) is 5.73 Å². The zero-order chi connectivity index (χ0) is 8.10. The molecule has 0 amide bonds. The van der Waals surface area contributed by atoms with Gasteiger partial charge in [-0.05, 0) is 25.5 Å². The monoisotopic (exact) mass is 153 g/mol. The van der Waals surface area contributed by atoms with Gasteiger partial charge in [0.1, 0.15) is 0 Å². The lowest BCUT2D eigenvalue weighted by molar-refractivity contribution is 0.418. The molecule has 0 aliphatic carbocycles. The molecule has 3 nitrogen and oxygen atoms in total. The summed E-state index contributed by atoms with van der Waals surface area (Å²) in [4.78, 5) is 0. The fourth-order valence-corrected chi connectivity index (χ4v) is 1.21. The Morgan fingerprint density at radius 2 is 2.45 bits per heavy atom. The average Bonchev–Trinajstić information content (AvgIpc) is 2.52. The van der Waals surface area contributed by atoms with E-state index in [1.165, 1.54) is 0 Å². The van der Waals surface area contributed by atoms with Gasteiger partial charge in [0.15, 0.2) is 0 Å². The van der Waals surface area contributed by atoms with Crippen LogP contribution in [-0.4, -0.2) is 16.3 Å². The molecule has 1 atom stereocenters. The molecule has 2 N–H and O–H groups in total. The third kappa shape index (κ3) is 2.05. The van der Waals surface area contributed by atoms with Gasteiger partial charge in [-0.25, -0.2) is 0 Å². The first kappa shape index (κ1) is 8.27. The van der Waals surface area contributed by atoms with Crippen LogP contribution in [0.15, 0.2) is 18.5 Å². The van der Waals surface area contributed by atoms with Crippen LogP contribution in [0.25, 0.3) is 0 Å². The minimum Gasteiger partial charge on any atom is -0.330 e. The third-order valence-electron chi connectivity index (χ3n) is 1.87. The Labute approximate surface area is 67.2 Å². The molecule has 1 heterocycles. The van der Waals surface area contributed by atoms with Gasteiger partial charge in [0.25, 0.3) is 0 Å². The lowest BCUT2D eigenvalue weighted by atomic mass is 10.1. The summed E-state index contributed by atoms with van der Waals surface area (Å²) in [5.41, 5.74) is 5.47. The number of rotatable bonds is 4. The molecule has 0 unspecified atom stereocenters. The lowest BCUT2D eigenvalue weighted by Crippen LogP contribution is -2.13. The predicted octanol–water partition coefficient (Wildman–Crippen LogP) is 1.18. The molecule has 1 rings (SSSR count). The van der Waals surface area contributed by atoms with Gasteiger partial charge in [-0.2, -0.15) is 5.10 Å². The van der Waals surface area contributed by atoms with Crippen LogP contribution in [0.4, 0.5) is 0 Å². The van der Waals surface area contributed by atoms with Crippen molar-refractivity contribution < 1.29 is 0 Å². The minimum absolute atomic E-state index is 0.481. The van der Waals surface area contributed by atoms with E-state index >= 15 is 0 Å². The van der Waals surface area contributed by atoms with Gasteiger partial charge in [-0.1, -0.05) is 6.92 Å². The summed E-state index contributed by atoms with van der Waals surface area (Å²) in [6.07, 6.45) is 5.90. The summed E-state index contributed by atoms with van der Waals surface area (Å²) >= 11 is 0. The van der Waals surface area contributed by atoms with Crippen LogP contribution in [-0.2, 0) is 0 Å². The summed E-state index contributed by atoms with van der Waals surface area (Å²) < 4.78 is 1.98. The highest BCUT2D eigenvalue weighted by Gasteiger charge is 2.05. The van der Waals surface area contributed by atoms with Crippen molar-refractivity contribution >= 4 is 0 Å². The Bertz CT molecular complexity index is 181. The standard InChI is InChI=1S/C8H15N3/c1-2-8(4-5-9)11-7-3-6-10-11/h3,6-8H,2,4-5,9H2,1H3/t8-/m0/s1. The van der Waals surface area contributed by atoms with Gasteiger partial charge in [0.05, 0.1) is 6.04 Å². The molecule has 0 aliphatic heterocycles. The Hall–Kier alpha value is -0.830. The second-order valence-corrected chi connectivity index (χ2v) is 2.63. The topological polar surface area (TPSA) is 43.8 Å². The van der Waals surface area contributed by atoms with Crippen LogP contribution >= 0.6 is 0 Å². The van der Waals surface area contributed by atoms with Crippen LogP contribution < -0.4 is 5.73 Å². The van der Waals surface area contributed by atoms with E-state index in [1.54, 1.807) is 6.20 Å². The van der Waals surface area contributed by atoms with E-state index in [1.807, 2.05) is 16.9 Å². The van der Waals surface area contributed by atoms with Gasteiger partial charge in [-0.15, -0.1) is 0 Å². The molecular weight excluding hydrogens is 138 g/mol. The van der Waals surface area contributed by atoms with Crippen molar-refractivity contribution in [2.45, 2.75) is 25.8 Å². The van der Waals surface area contributed by atoms with E-state index in [4.69, 9.17) is 5.73 Å².